The minimum absolute atomic E-state index is 0.0790. The Labute approximate surface area is 116 Å². The van der Waals surface area contributed by atoms with Gasteiger partial charge in [-0.25, -0.2) is 0 Å². The molecule has 0 radical (unpaired) electrons. The number of thioether (sulfide) groups is 1. The first-order chi connectivity index (χ1) is 8.32. The van der Waals surface area contributed by atoms with Crippen molar-refractivity contribution in [3.05, 3.63) is 33.8 Å². The molecule has 2 unspecified atom stereocenters. The average molecular weight is 289 g/mol. The molecule has 0 aliphatic heterocycles. The first-order valence-electron chi connectivity index (χ1n) is 5.59. The van der Waals surface area contributed by atoms with Crippen molar-refractivity contribution in [1.82, 2.24) is 0 Å². The molecule has 0 aliphatic rings. The fourth-order valence-electron chi connectivity index (χ4n) is 1.67. The lowest BCUT2D eigenvalue weighted by molar-refractivity contribution is -0.109. The summed E-state index contributed by atoms with van der Waals surface area (Å²) in [6.07, 6.45) is -1.98. The van der Waals surface area contributed by atoms with Crippen molar-refractivity contribution in [2.75, 3.05) is 5.75 Å². The number of aliphatic hydroxyl groups is 2. The summed E-state index contributed by atoms with van der Waals surface area (Å²) in [6, 6.07) is 3.50. The number of carbonyl (C=O) groups is 1. The van der Waals surface area contributed by atoms with Crippen LogP contribution in [-0.4, -0.2) is 27.2 Å². The Kier molecular flexibility index (Phi) is 5.66. The topological polar surface area (TPSA) is 57.5 Å². The van der Waals surface area contributed by atoms with Crippen LogP contribution < -0.4 is 0 Å². The molecule has 1 aromatic carbocycles. The maximum Gasteiger partial charge on any atom is 0.185 e. The molecule has 2 N–H and O–H groups in total. The molecule has 0 aromatic heterocycles. The molecular formula is C13H17ClO3S. The van der Waals surface area contributed by atoms with E-state index in [1.54, 1.807) is 12.1 Å². The summed E-state index contributed by atoms with van der Waals surface area (Å²) in [7, 11) is 0. The lowest BCUT2D eigenvalue weighted by Crippen LogP contribution is -2.21. The molecule has 0 fully saturated rings. The van der Waals surface area contributed by atoms with Gasteiger partial charge in [0.25, 0.3) is 0 Å². The molecule has 0 aliphatic carbocycles. The van der Waals surface area contributed by atoms with Crippen molar-refractivity contribution < 1.29 is 15.0 Å². The minimum Gasteiger partial charge on any atom is -0.389 e. The van der Waals surface area contributed by atoms with Crippen LogP contribution in [0.1, 0.15) is 29.7 Å². The fraction of sp³-hybridized carbons (Fsp3) is 0.462. The molecule has 0 saturated heterocycles. The smallest absolute Gasteiger partial charge is 0.185 e. The predicted molar refractivity (Wildman–Crippen MR) is 75.0 cm³/mol. The first-order valence-corrected chi connectivity index (χ1v) is 6.95. The van der Waals surface area contributed by atoms with Crippen molar-refractivity contribution in [1.29, 1.82) is 0 Å². The summed E-state index contributed by atoms with van der Waals surface area (Å²) in [4.78, 5) is 10.8. The molecule has 0 spiro atoms. The van der Waals surface area contributed by atoms with Crippen molar-refractivity contribution >= 4 is 28.5 Å². The van der Waals surface area contributed by atoms with E-state index in [4.69, 9.17) is 11.6 Å². The van der Waals surface area contributed by atoms with Gasteiger partial charge in [0.2, 0.25) is 0 Å². The highest BCUT2D eigenvalue weighted by Crippen LogP contribution is 2.27. The van der Waals surface area contributed by atoms with Crippen molar-refractivity contribution in [3.63, 3.8) is 0 Å². The van der Waals surface area contributed by atoms with Gasteiger partial charge in [0.1, 0.15) is 6.10 Å². The second-order valence-corrected chi connectivity index (χ2v) is 5.86. The molecule has 0 amide bonds. The van der Waals surface area contributed by atoms with Crippen LogP contribution in [0.3, 0.4) is 0 Å². The number of aryl methyl sites for hydroxylation is 2. The zero-order valence-corrected chi connectivity index (χ0v) is 12.2. The Balaban J connectivity index is 2.83. The largest absolute Gasteiger partial charge is 0.389 e. The van der Waals surface area contributed by atoms with E-state index in [9.17, 15) is 15.0 Å². The summed E-state index contributed by atoms with van der Waals surface area (Å²) in [5.74, 6) is 0.178. The Morgan fingerprint density at radius 1 is 1.33 bits per heavy atom. The third kappa shape index (κ3) is 3.99. The summed E-state index contributed by atoms with van der Waals surface area (Å²) < 4.78 is 0. The van der Waals surface area contributed by atoms with Gasteiger partial charge in [0, 0.05) is 17.7 Å². The molecular weight excluding hydrogens is 272 g/mol. The molecule has 0 heterocycles. The maximum absolute atomic E-state index is 10.8. The van der Waals surface area contributed by atoms with Crippen LogP contribution in [0.25, 0.3) is 0 Å². The Bertz CT molecular complexity index is 425. The van der Waals surface area contributed by atoms with Crippen molar-refractivity contribution in [2.45, 2.75) is 33.0 Å². The quantitative estimate of drug-likeness (QED) is 0.894. The van der Waals surface area contributed by atoms with E-state index in [1.165, 1.54) is 6.92 Å². The lowest BCUT2D eigenvalue weighted by Gasteiger charge is -2.19. The third-order valence-electron chi connectivity index (χ3n) is 2.62. The Hall–Kier alpha value is -0.550. The zero-order chi connectivity index (χ0) is 13.9. The van der Waals surface area contributed by atoms with Gasteiger partial charge in [0.05, 0.1) is 6.10 Å². The van der Waals surface area contributed by atoms with E-state index in [1.807, 2.05) is 13.8 Å². The van der Waals surface area contributed by atoms with Crippen molar-refractivity contribution in [2.24, 2.45) is 0 Å². The average Bonchev–Trinajstić information content (AvgIpc) is 2.31. The molecule has 18 heavy (non-hydrogen) atoms. The van der Waals surface area contributed by atoms with Crippen LogP contribution >= 0.6 is 23.4 Å². The number of rotatable bonds is 4. The molecule has 5 heteroatoms. The highest BCUT2D eigenvalue weighted by atomic mass is 35.5. The van der Waals surface area contributed by atoms with Gasteiger partial charge in [-0.05, 0) is 30.5 Å². The SMILES string of the molecule is CC(=O)SCC(O)C(O)c1cc(C)c(Cl)c(C)c1. The van der Waals surface area contributed by atoms with Crippen LogP contribution in [-0.2, 0) is 4.79 Å². The van der Waals surface area contributed by atoms with Gasteiger partial charge >= 0.3 is 0 Å². The summed E-state index contributed by atoms with van der Waals surface area (Å²) in [6.45, 7) is 5.13. The molecule has 3 nitrogen and oxygen atoms in total. The highest BCUT2D eigenvalue weighted by Gasteiger charge is 2.20. The number of aliphatic hydroxyl groups excluding tert-OH is 2. The number of carbonyl (C=O) groups excluding carboxylic acids is 1. The summed E-state index contributed by atoms with van der Waals surface area (Å²) >= 11 is 7.04. The number of benzene rings is 1. The molecule has 0 saturated carbocycles. The number of hydrogen-bond donors (Lipinski definition) is 2. The number of halogens is 1. The summed E-state index contributed by atoms with van der Waals surface area (Å²) in [5.41, 5.74) is 2.33. The monoisotopic (exact) mass is 288 g/mol. The molecule has 1 aromatic rings. The van der Waals surface area contributed by atoms with E-state index in [-0.39, 0.29) is 10.9 Å². The standard InChI is InChI=1S/C13H17ClO3S/c1-7-4-10(5-8(2)12(7)14)13(17)11(16)6-18-9(3)15/h4-5,11,13,16-17H,6H2,1-3H3. The molecule has 2 atom stereocenters. The van der Waals surface area contributed by atoms with Crippen LogP contribution in [0, 0.1) is 13.8 Å². The third-order valence-corrected chi connectivity index (χ3v) is 4.13. The van der Waals surface area contributed by atoms with Gasteiger partial charge in [-0.15, -0.1) is 0 Å². The van der Waals surface area contributed by atoms with Gasteiger partial charge in [-0.2, -0.15) is 0 Å². The van der Waals surface area contributed by atoms with Gasteiger partial charge in [-0.3, -0.25) is 4.79 Å². The summed E-state index contributed by atoms with van der Waals surface area (Å²) in [5, 5.41) is 20.4. The maximum atomic E-state index is 10.8. The van der Waals surface area contributed by atoms with E-state index in [2.05, 4.69) is 0 Å². The lowest BCUT2D eigenvalue weighted by atomic mass is 10.0. The molecule has 1 rings (SSSR count). The first kappa shape index (κ1) is 15.5. The second kappa shape index (κ2) is 6.57. The van der Waals surface area contributed by atoms with Crippen LogP contribution in [0.2, 0.25) is 5.02 Å². The van der Waals surface area contributed by atoms with E-state index < -0.39 is 12.2 Å². The van der Waals surface area contributed by atoms with Crippen molar-refractivity contribution in [3.8, 4) is 0 Å². The zero-order valence-electron chi connectivity index (χ0n) is 10.6. The fourth-order valence-corrected chi connectivity index (χ4v) is 2.36. The molecule has 100 valence electrons. The van der Waals surface area contributed by atoms with Crippen LogP contribution in [0.5, 0.6) is 0 Å². The second-order valence-electron chi connectivity index (χ2n) is 4.28. The van der Waals surface area contributed by atoms with Crippen LogP contribution in [0.15, 0.2) is 12.1 Å². The minimum atomic E-state index is -1.01. The highest BCUT2D eigenvalue weighted by molar-refractivity contribution is 8.13. The Morgan fingerprint density at radius 3 is 2.28 bits per heavy atom. The van der Waals surface area contributed by atoms with Gasteiger partial charge in [-0.1, -0.05) is 35.5 Å². The predicted octanol–water partition coefficient (Wildman–Crippen LogP) is 2.63. The molecule has 0 bridgehead atoms. The Morgan fingerprint density at radius 2 is 1.83 bits per heavy atom. The van der Waals surface area contributed by atoms with Gasteiger partial charge in [0.15, 0.2) is 5.12 Å². The van der Waals surface area contributed by atoms with E-state index in [0.717, 1.165) is 22.9 Å². The van der Waals surface area contributed by atoms with Crippen LogP contribution in [0.4, 0.5) is 0 Å². The van der Waals surface area contributed by atoms with E-state index >= 15 is 0 Å². The van der Waals surface area contributed by atoms with E-state index in [0.29, 0.717) is 10.6 Å². The normalized spacial score (nSPS) is 14.3. The van der Waals surface area contributed by atoms with Gasteiger partial charge < -0.3 is 10.2 Å². The number of hydrogen-bond acceptors (Lipinski definition) is 4.